The first-order valence-electron chi connectivity index (χ1n) is 21.7. The topological polar surface area (TPSA) is 502 Å². The molecule has 0 radical (unpaired) electrons. The molecular formula is C38H74N16O11. The van der Waals surface area contributed by atoms with Gasteiger partial charge in [0, 0.05) is 19.5 Å². The molecule has 0 unspecified atom stereocenters. The summed E-state index contributed by atoms with van der Waals surface area (Å²) in [5, 5.41) is 43.7. The molecule has 0 bridgehead atoms. The Labute approximate surface area is 378 Å². The van der Waals surface area contributed by atoms with Gasteiger partial charge in [0.2, 0.25) is 35.4 Å². The number of aliphatic hydroxyl groups is 1. The van der Waals surface area contributed by atoms with E-state index in [1.165, 1.54) is 0 Å². The van der Waals surface area contributed by atoms with Gasteiger partial charge in [-0.2, -0.15) is 0 Å². The van der Waals surface area contributed by atoms with E-state index in [2.05, 4.69) is 41.9 Å². The van der Waals surface area contributed by atoms with Gasteiger partial charge in [-0.3, -0.25) is 43.5 Å². The molecule has 372 valence electrons. The number of unbranched alkanes of at least 4 members (excludes halogenated alkanes) is 3. The first-order valence-corrected chi connectivity index (χ1v) is 21.7. The van der Waals surface area contributed by atoms with Crippen LogP contribution in [0.5, 0.6) is 0 Å². The molecule has 0 aliphatic heterocycles. The van der Waals surface area contributed by atoms with Crippen LogP contribution in [0.2, 0.25) is 0 Å². The third-order valence-corrected chi connectivity index (χ3v) is 9.69. The van der Waals surface area contributed by atoms with Gasteiger partial charge in [0.15, 0.2) is 11.9 Å². The van der Waals surface area contributed by atoms with Gasteiger partial charge >= 0.3 is 11.9 Å². The molecule has 27 nitrogen and oxygen atoms in total. The van der Waals surface area contributed by atoms with Gasteiger partial charge in [-0.1, -0.05) is 0 Å². The Kier molecular flexibility index (Phi) is 31.4. The monoisotopic (exact) mass is 931 g/mol. The third-order valence-electron chi connectivity index (χ3n) is 9.69. The van der Waals surface area contributed by atoms with Gasteiger partial charge in [-0.25, -0.2) is 4.79 Å². The Hall–Kier alpha value is -5.90. The molecule has 6 amide bonds. The number of hydrogen-bond acceptors (Lipinski definition) is 15. The highest BCUT2D eigenvalue weighted by molar-refractivity contribution is 5.97. The standard InChI is InChI=1S/C38H74N16O11/c39-16-4-1-9-23(49-30(58)22(42)21-55)31(59)50-24(10-2-5-17-40)32(60)52-26(12-7-19-47-37(43)44)33(61)53-27(14-15-29(56)57)35(63)51-25(11-3-6-18-41)34(62)54-28(36(64)65)13-8-20-48-38(45)46/h22-28,55H,1-21,39-42H2,(H,49,58)(H,50,59)(H,51,63)(H,52,60)(H,53,61)(H,54,62)(H,56,57)(H,64,65)(H4,43,44,47)(H4,45,46,48)/t22-,23-,24-,25-,26-,27-,28-/m0/s1. The smallest absolute Gasteiger partial charge is 0.326 e. The minimum Gasteiger partial charge on any atom is -0.481 e. The number of aliphatic imine (C=N–C) groups is 2. The number of carbonyl (C=O) groups is 8. The van der Waals surface area contributed by atoms with Crippen molar-refractivity contribution in [2.45, 2.75) is 139 Å². The van der Waals surface area contributed by atoms with Crippen LogP contribution in [-0.2, 0) is 38.4 Å². The van der Waals surface area contributed by atoms with Crippen molar-refractivity contribution in [3.05, 3.63) is 0 Å². The van der Waals surface area contributed by atoms with Crippen molar-refractivity contribution in [3.8, 4) is 0 Å². The lowest BCUT2D eigenvalue weighted by molar-refractivity contribution is -0.142. The molecule has 0 aliphatic carbocycles. The molecule has 25 N–H and O–H groups in total. The second kappa shape index (κ2) is 34.5. The van der Waals surface area contributed by atoms with Gasteiger partial charge in [0.1, 0.15) is 42.3 Å². The lowest BCUT2D eigenvalue weighted by Crippen LogP contribution is -2.60. The number of nitrogens with one attached hydrogen (secondary N) is 6. The molecule has 0 saturated heterocycles. The molecule has 0 heterocycles. The summed E-state index contributed by atoms with van der Waals surface area (Å²) in [5.41, 5.74) is 44.1. The minimum atomic E-state index is -1.60. The molecule has 27 heteroatoms. The summed E-state index contributed by atoms with van der Waals surface area (Å²) in [4.78, 5) is 113. The van der Waals surface area contributed by atoms with E-state index in [0.717, 1.165) is 0 Å². The summed E-state index contributed by atoms with van der Waals surface area (Å²) in [6.45, 7) is 0.190. The minimum absolute atomic E-state index is 0.00689. The van der Waals surface area contributed by atoms with Gasteiger partial charge < -0.3 is 93.1 Å². The summed E-state index contributed by atoms with van der Waals surface area (Å²) >= 11 is 0. The Balaban J connectivity index is 6.69. The van der Waals surface area contributed by atoms with Crippen LogP contribution in [0.25, 0.3) is 0 Å². The molecular weight excluding hydrogens is 857 g/mol. The Morgan fingerprint density at radius 1 is 0.431 bits per heavy atom. The second-order valence-electron chi connectivity index (χ2n) is 15.2. The fraction of sp³-hybridized carbons (Fsp3) is 0.737. The van der Waals surface area contributed by atoms with Gasteiger partial charge in [0.25, 0.3) is 0 Å². The van der Waals surface area contributed by atoms with Crippen molar-refractivity contribution >= 4 is 59.3 Å². The molecule has 0 aliphatic rings. The second-order valence-corrected chi connectivity index (χ2v) is 15.2. The van der Waals surface area contributed by atoms with Crippen molar-refractivity contribution in [1.82, 2.24) is 31.9 Å². The van der Waals surface area contributed by atoms with Crippen LogP contribution in [0.4, 0.5) is 0 Å². The van der Waals surface area contributed by atoms with Crippen molar-refractivity contribution in [3.63, 3.8) is 0 Å². The van der Waals surface area contributed by atoms with Crippen LogP contribution in [0, 0.1) is 0 Å². The zero-order valence-corrected chi connectivity index (χ0v) is 37.0. The zero-order valence-electron chi connectivity index (χ0n) is 37.0. The van der Waals surface area contributed by atoms with E-state index >= 15 is 0 Å². The summed E-state index contributed by atoms with van der Waals surface area (Å²) in [6, 6.07) is -9.59. The first kappa shape index (κ1) is 59.1. The van der Waals surface area contributed by atoms with E-state index in [-0.39, 0.29) is 83.0 Å². The maximum Gasteiger partial charge on any atom is 0.326 e. The lowest BCUT2D eigenvalue weighted by Gasteiger charge is -2.27. The average molecular weight is 931 g/mol. The fourth-order valence-corrected chi connectivity index (χ4v) is 6.08. The Bertz CT molecular complexity index is 1560. The number of rotatable bonds is 37. The Morgan fingerprint density at radius 2 is 0.723 bits per heavy atom. The summed E-state index contributed by atoms with van der Waals surface area (Å²) in [6.07, 6.45) is 1.56. The van der Waals surface area contributed by atoms with Crippen LogP contribution in [0.1, 0.15) is 96.3 Å². The molecule has 0 rings (SSSR count). The molecule has 7 atom stereocenters. The predicted molar refractivity (Wildman–Crippen MR) is 240 cm³/mol. The number of amides is 6. The number of aliphatic hydroxyl groups excluding tert-OH is 1. The van der Waals surface area contributed by atoms with E-state index < -0.39 is 109 Å². The number of nitrogens with two attached hydrogens (primary N) is 8. The molecule has 0 fully saturated rings. The summed E-state index contributed by atoms with van der Waals surface area (Å²) in [5.74, 6) is -8.39. The van der Waals surface area contributed by atoms with Crippen molar-refractivity contribution < 1.29 is 53.7 Å². The zero-order chi connectivity index (χ0) is 49.3. The highest BCUT2D eigenvalue weighted by Crippen LogP contribution is 2.10. The number of hydrogen-bond donors (Lipinski definition) is 17. The van der Waals surface area contributed by atoms with Gasteiger partial charge in [-0.15, -0.1) is 0 Å². The number of carboxylic acid groups (broad SMARTS) is 2. The van der Waals surface area contributed by atoms with E-state index in [9.17, 15) is 53.7 Å². The SMILES string of the molecule is NCCCC[C@H](NC(=O)[C@H](CCC(=O)O)NC(=O)[C@H](CCCN=C(N)N)NC(=O)[C@H](CCCCN)NC(=O)[C@H](CCCCN)NC(=O)[C@@H](N)CO)C(=O)N[C@@H](CCCN=C(N)N)C(=O)O. The van der Waals surface area contributed by atoms with Crippen molar-refractivity contribution in [1.29, 1.82) is 0 Å². The summed E-state index contributed by atoms with van der Waals surface area (Å²) in [7, 11) is 0. The molecule has 0 saturated carbocycles. The molecule has 0 spiro atoms. The quantitative estimate of drug-likeness (QED) is 0.0156. The largest absolute Gasteiger partial charge is 0.481 e. The van der Waals surface area contributed by atoms with Crippen LogP contribution >= 0.6 is 0 Å². The fourth-order valence-electron chi connectivity index (χ4n) is 6.08. The van der Waals surface area contributed by atoms with Crippen molar-refractivity contribution in [2.75, 3.05) is 39.3 Å². The third kappa shape index (κ3) is 27.1. The van der Waals surface area contributed by atoms with Crippen LogP contribution in [0.15, 0.2) is 9.98 Å². The number of carbonyl (C=O) groups excluding carboxylic acids is 6. The Morgan fingerprint density at radius 3 is 1.02 bits per heavy atom. The normalized spacial score (nSPS) is 14.1. The van der Waals surface area contributed by atoms with Crippen LogP contribution < -0.4 is 77.8 Å². The van der Waals surface area contributed by atoms with Gasteiger partial charge in [0.05, 0.1) is 6.61 Å². The number of aliphatic carboxylic acids is 2. The van der Waals surface area contributed by atoms with Crippen LogP contribution in [0.3, 0.4) is 0 Å². The molecule has 0 aromatic heterocycles. The van der Waals surface area contributed by atoms with E-state index in [4.69, 9.17) is 45.9 Å². The van der Waals surface area contributed by atoms with Crippen molar-refractivity contribution in [2.24, 2.45) is 55.9 Å². The maximum atomic E-state index is 14.0. The average Bonchev–Trinajstić information content (AvgIpc) is 3.25. The van der Waals surface area contributed by atoms with E-state index in [1.807, 2.05) is 0 Å². The first-order chi connectivity index (χ1) is 30.8. The number of nitrogens with zero attached hydrogens (tertiary/aromatic N) is 2. The molecule has 65 heavy (non-hydrogen) atoms. The van der Waals surface area contributed by atoms with E-state index in [1.54, 1.807) is 0 Å². The number of carboxylic acids is 2. The predicted octanol–water partition coefficient (Wildman–Crippen LogP) is -6.34. The lowest BCUT2D eigenvalue weighted by atomic mass is 10.0. The van der Waals surface area contributed by atoms with Crippen LogP contribution in [-0.4, -0.2) is 156 Å². The highest BCUT2D eigenvalue weighted by Gasteiger charge is 2.34. The highest BCUT2D eigenvalue weighted by atomic mass is 16.4. The van der Waals surface area contributed by atoms with E-state index in [0.29, 0.717) is 45.1 Å². The van der Waals surface area contributed by atoms with Gasteiger partial charge in [-0.05, 0) is 110 Å². The summed E-state index contributed by atoms with van der Waals surface area (Å²) < 4.78 is 0. The molecule has 0 aromatic carbocycles. The maximum absolute atomic E-state index is 14.0. The number of guanidine groups is 2. The molecule has 0 aromatic rings.